The van der Waals surface area contributed by atoms with Gasteiger partial charge in [-0.25, -0.2) is 0 Å². The summed E-state index contributed by atoms with van der Waals surface area (Å²) in [7, 11) is 0. The zero-order chi connectivity index (χ0) is 15.7. The lowest BCUT2D eigenvalue weighted by molar-refractivity contribution is -0.131. The highest BCUT2D eigenvalue weighted by Crippen LogP contribution is 2.45. The minimum atomic E-state index is -0.384. The molecule has 1 saturated carbocycles. The topological polar surface area (TPSA) is 63.4 Å². The molecular formula is C18H24N2O2. The molecule has 4 nitrogen and oxygen atoms in total. The van der Waals surface area contributed by atoms with Crippen LogP contribution in [0.3, 0.4) is 0 Å². The molecule has 0 radical (unpaired) electrons. The number of nitrogens with zero attached hydrogens (tertiary/aromatic N) is 1. The number of amides is 2. The third-order valence-electron chi connectivity index (χ3n) is 5.17. The predicted octanol–water partition coefficient (Wildman–Crippen LogP) is 2.50. The van der Waals surface area contributed by atoms with Gasteiger partial charge in [0, 0.05) is 18.7 Å². The Labute approximate surface area is 131 Å². The second-order valence-electron chi connectivity index (χ2n) is 6.95. The van der Waals surface area contributed by atoms with Crippen molar-refractivity contribution in [3.05, 3.63) is 35.4 Å². The van der Waals surface area contributed by atoms with Crippen molar-refractivity contribution in [1.82, 2.24) is 4.90 Å². The van der Waals surface area contributed by atoms with Crippen molar-refractivity contribution in [2.75, 3.05) is 13.1 Å². The number of hydrogen-bond acceptors (Lipinski definition) is 2. The zero-order valence-electron chi connectivity index (χ0n) is 13.2. The second-order valence-corrected chi connectivity index (χ2v) is 6.95. The van der Waals surface area contributed by atoms with Crippen LogP contribution in [0.5, 0.6) is 0 Å². The Morgan fingerprint density at radius 2 is 1.95 bits per heavy atom. The van der Waals surface area contributed by atoms with Crippen LogP contribution in [0.4, 0.5) is 0 Å². The standard InChI is InChI=1S/C18H24N2O2/c1-13-3-2-4-15(11-13)16(21)20-9-7-18(8-10-20,17(19)22)12-14-5-6-14/h2-4,11,14H,5-10,12H2,1H3,(H2,19,22). The van der Waals surface area contributed by atoms with Gasteiger partial charge in [0.25, 0.3) is 5.91 Å². The van der Waals surface area contributed by atoms with Crippen LogP contribution in [0.1, 0.15) is 48.0 Å². The number of hydrogen-bond donors (Lipinski definition) is 1. The van der Waals surface area contributed by atoms with Crippen LogP contribution in [0.25, 0.3) is 0 Å². The van der Waals surface area contributed by atoms with E-state index in [0.717, 1.165) is 17.5 Å². The maximum atomic E-state index is 12.6. The molecule has 0 bridgehead atoms. The third-order valence-corrected chi connectivity index (χ3v) is 5.17. The summed E-state index contributed by atoms with van der Waals surface area (Å²) >= 11 is 0. The van der Waals surface area contributed by atoms with E-state index in [9.17, 15) is 9.59 Å². The third kappa shape index (κ3) is 3.01. The lowest BCUT2D eigenvalue weighted by Crippen LogP contribution is -2.49. The number of aryl methyl sites for hydroxylation is 1. The van der Waals surface area contributed by atoms with Crippen molar-refractivity contribution in [3.63, 3.8) is 0 Å². The number of nitrogens with two attached hydrogens (primary N) is 1. The van der Waals surface area contributed by atoms with E-state index in [4.69, 9.17) is 5.73 Å². The van der Waals surface area contributed by atoms with Crippen LogP contribution in [0, 0.1) is 18.3 Å². The monoisotopic (exact) mass is 300 g/mol. The Morgan fingerprint density at radius 1 is 1.27 bits per heavy atom. The van der Waals surface area contributed by atoms with E-state index in [1.165, 1.54) is 12.8 Å². The van der Waals surface area contributed by atoms with Crippen molar-refractivity contribution in [2.24, 2.45) is 17.1 Å². The van der Waals surface area contributed by atoms with E-state index < -0.39 is 0 Å². The molecule has 118 valence electrons. The molecular weight excluding hydrogens is 276 g/mol. The quantitative estimate of drug-likeness (QED) is 0.928. The fourth-order valence-electron chi connectivity index (χ4n) is 3.52. The molecule has 2 amide bonds. The van der Waals surface area contributed by atoms with Gasteiger partial charge in [-0.1, -0.05) is 30.5 Å². The van der Waals surface area contributed by atoms with Crippen LogP contribution >= 0.6 is 0 Å². The van der Waals surface area contributed by atoms with E-state index >= 15 is 0 Å². The molecule has 0 spiro atoms. The first-order chi connectivity index (χ1) is 10.5. The first kappa shape index (κ1) is 15.1. The molecule has 1 heterocycles. The van der Waals surface area contributed by atoms with Crippen LogP contribution in [-0.4, -0.2) is 29.8 Å². The van der Waals surface area contributed by atoms with Gasteiger partial charge < -0.3 is 10.6 Å². The molecule has 1 aromatic rings. The number of piperidine rings is 1. The number of primary amides is 1. The van der Waals surface area contributed by atoms with Gasteiger partial charge in [0.15, 0.2) is 0 Å². The molecule has 1 aliphatic heterocycles. The second kappa shape index (κ2) is 5.75. The van der Waals surface area contributed by atoms with E-state index in [1.807, 2.05) is 36.1 Å². The summed E-state index contributed by atoms with van der Waals surface area (Å²) in [6.45, 7) is 3.24. The molecule has 3 rings (SSSR count). The summed E-state index contributed by atoms with van der Waals surface area (Å²) in [5.41, 5.74) is 7.12. The van der Waals surface area contributed by atoms with Crippen LogP contribution in [-0.2, 0) is 4.79 Å². The predicted molar refractivity (Wildman–Crippen MR) is 85.3 cm³/mol. The summed E-state index contributed by atoms with van der Waals surface area (Å²) < 4.78 is 0. The fraction of sp³-hybridized carbons (Fsp3) is 0.556. The molecule has 1 aromatic carbocycles. The first-order valence-electron chi connectivity index (χ1n) is 8.16. The molecule has 1 aliphatic carbocycles. The molecule has 2 N–H and O–H groups in total. The van der Waals surface area contributed by atoms with Crippen molar-refractivity contribution < 1.29 is 9.59 Å². The average molecular weight is 300 g/mol. The summed E-state index contributed by atoms with van der Waals surface area (Å²) in [4.78, 5) is 26.4. The van der Waals surface area contributed by atoms with Gasteiger partial charge in [-0.05, 0) is 44.2 Å². The van der Waals surface area contributed by atoms with Crippen molar-refractivity contribution in [2.45, 2.75) is 39.0 Å². The Hall–Kier alpha value is -1.84. The lowest BCUT2D eigenvalue weighted by atomic mass is 9.73. The fourth-order valence-corrected chi connectivity index (χ4v) is 3.52. The normalized spacial score (nSPS) is 20.7. The summed E-state index contributed by atoms with van der Waals surface area (Å²) in [6, 6.07) is 7.67. The maximum absolute atomic E-state index is 12.6. The molecule has 0 unspecified atom stereocenters. The number of carbonyl (C=O) groups is 2. The molecule has 0 atom stereocenters. The van der Waals surface area contributed by atoms with Gasteiger partial charge >= 0.3 is 0 Å². The van der Waals surface area contributed by atoms with Gasteiger partial charge in [-0.3, -0.25) is 9.59 Å². The van der Waals surface area contributed by atoms with E-state index in [0.29, 0.717) is 31.8 Å². The summed E-state index contributed by atoms with van der Waals surface area (Å²) in [5, 5.41) is 0. The van der Waals surface area contributed by atoms with Gasteiger partial charge in [0.05, 0.1) is 5.41 Å². The smallest absolute Gasteiger partial charge is 0.253 e. The highest BCUT2D eigenvalue weighted by atomic mass is 16.2. The van der Waals surface area contributed by atoms with E-state index in [1.54, 1.807) is 0 Å². The van der Waals surface area contributed by atoms with Crippen LogP contribution < -0.4 is 5.73 Å². The number of benzene rings is 1. The van der Waals surface area contributed by atoms with Crippen molar-refractivity contribution in [1.29, 1.82) is 0 Å². The maximum Gasteiger partial charge on any atom is 0.253 e. The molecule has 22 heavy (non-hydrogen) atoms. The Morgan fingerprint density at radius 3 is 2.50 bits per heavy atom. The van der Waals surface area contributed by atoms with E-state index in [2.05, 4.69) is 0 Å². The first-order valence-corrected chi connectivity index (χ1v) is 8.16. The Bertz CT molecular complexity index is 585. The number of likely N-dealkylation sites (tertiary alicyclic amines) is 1. The van der Waals surface area contributed by atoms with Gasteiger partial charge in [-0.15, -0.1) is 0 Å². The van der Waals surface area contributed by atoms with Crippen molar-refractivity contribution >= 4 is 11.8 Å². The van der Waals surface area contributed by atoms with Crippen LogP contribution in [0.2, 0.25) is 0 Å². The molecule has 2 aliphatic rings. The lowest BCUT2D eigenvalue weighted by Gasteiger charge is -2.40. The van der Waals surface area contributed by atoms with E-state index in [-0.39, 0.29) is 17.2 Å². The number of carbonyl (C=O) groups excluding carboxylic acids is 2. The minimum absolute atomic E-state index is 0.0631. The summed E-state index contributed by atoms with van der Waals surface area (Å²) in [5.74, 6) is 0.557. The summed E-state index contributed by atoms with van der Waals surface area (Å²) in [6.07, 6.45) is 4.77. The SMILES string of the molecule is Cc1cccc(C(=O)N2CCC(CC3CC3)(C(N)=O)CC2)c1. The minimum Gasteiger partial charge on any atom is -0.369 e. The Balaban J connectivity index is 1.67. The zero-order valence-corrected chi connectivity index (χ0v) is 13.2. The molecule has 0 aromatic heterocycles. The van der Waals surface area contributed by atoms with Crippen molar-refractivity contribution in [3.8, 4) is 0 Å². The number of rotatable bonds is 4. The Kier molecular flexibility index (Phi) is 3.94. The van der Waals surface area contributed by atoms with Gasteiger partial charge in [0.1, 0.15) is 0 Å². The molecule has 2 fully saturated rings. The highest BCUT2D eigenvalue weighted by molar-refractivity contribution is 5.94. The largest absolute Gasteiger partial charge is 0.369 e. The van der Waals surface area contributed by atoms with Crippen LogP contribution in [0.15, 0.2) is 24.3 Å². The molecule has 4 heteroatoms. The average Bonchev–Trinajstić information content (AvgIpc) is 3.31. The van der Waals surface area contributed by atoms with Gasteiger partial charge in [-0.2, -0.15) is 0 Å². The molecule has 1 saturated heterocycles. The highest BCUT2D eigenvalue weighted by Gasteiger charge is 2.44. The van der Waals surface area contributed by atoms with Gasteiger partial charge in [0.2, 0.25) is 5.91 Å².